The van der Waals surface area contributed by atoms with E-state index in [0.717, 1.165) is 18.5 Å². The van der Waals surface area contributed by atoms with E-state index in [1.807, 2.05) is 38.1 Å². The Morgan fingerprint density at radius 3 is 2.55 bits per heavy atom. The van der Waals surface area contributed by atoms with E-state index < -0.39 is 0 Å². The van der Waals surface area contributed by atoms with Gasteiger partial charge in [-0.3, -0.25) is 4.79 Å². The highest BCUT2D eigenvalue weighted by molar-refractivity contribution is 5.77. The maximum Gasteiger partial charge on any atom is 0.222 e. The Bertz CT molecular complexity index is 869. The molecule has 1 heterocycles. The van der Waals surface area contributed by atoms with Crippen LogP contribution in [-0.4, -0.2) is 33.2 Å². The molecule has 2 aromatic rings. The highest BCUT2D eigenvalue weighted by Crippen LogP contribution is 2.34. The number of carbonyl (C=O) groups is 1. The minimum atomic E-state index is -0.192. The number of nitrogens with one attached hydrogen (secondary N) is 2. The lowest BCUT2D eigenvalue weighted by molar-refractivity contribution is -0.946. The number of hydrogen-bond acceptors (Lipinski definition) is 3. The first-order chi connectivity index (χ1) is 13.9. The zero-order valence-electron chi connectivity index (χ0n) is 17.5. The minimum absolute atomic E-state index is 0.000798. The molecule has 2 atom stereocenters. The third kappa shape index (κ3) is 4.70. The van der Waals surface area contributed by atoms with Crippen molar-refractivity contribution in [2.75, 3.05) is 27.3 Å². The zero-order valence-corrected chi connectivity index (χ0v) is 17.5. The highest BCUT2D eigenvalue weighted by atomic mass is 19.1. The molecular weight excluding hydrogens is 371 g/mol. The molecule has 2 N–H and O–H groups in total. The Balaban J connectivity index is 1.94. The molecule has 5 nitrogen and oxygen atoms in total. The summed E-state index contributed by atoms with van der Waals surface area (Å²) < 4.78 is 25.2. The van der Waals surface area contributed by atoms with E-state index >= 15 is 0 Å². The van der Waals surface area contributed by atoms with E-state index in [-0.39, 0.29) is 23.7 Å². The monoisotopic (exact) mass is 401 g/mol. The first kappa shape index (κ1) is 21.1. The summed E-state index contributed by atoms with van der Waals surface area (Å²) in [6, 6.07) is 10.9. The van der Waals surface area contributed by atoms with Gasteiger partial charge in [-0.05, 0) is 23.8 Å². The van der Waals surface area contributed by atoms with Gasteiger partial charge in [0, 0.05) is 23.5 Å². The Morgan fingerprint density at radius 1 is 1.21 bits per heavy atom. The van der Waals surface area contributed by atoms with Crippen LogP contribution in [0.4, 0.5) is 4.39 Å². The molecule has 29 heavy (non-hydrogen) atoms. The first-order valence-corrected chi connectivity index (χ1v) is 10.0. The van der Waals surface area contributed by atoms with Crippen molar-refractivity contribution in [2.24, 2.45) is 5.92 Å². The molecule has 0 aliphatic carbocycles. The van der Waals surface area contributed by atoms with Crippen LogP contribution in [0.5, 0.6) is 11.5 Å². The van der Waals surface area contributed by atoms with Crippen LogP contribution in [-0.2, 0) is 17.8 Å². The molecule has 0 aromatic heterocycles. The normalized spacial score (nSPS) is 18.3. The van der Waals surface area contributed by atoms with E-state index in [0.29, 0.717) is 30.2 Å². The molecule has 1 aliphatic heterocycles. The lowest BCUT2D eigenvalue weighted by Crippen LogP contribution is -3.12. The topological polar surface area (TPSA) is 52.0 Å². The fourth-order valence-electron chi connectivity index (χ4n) is 3.93. The molecular formula is C23H30FN2O3+. The van der Waals surface area contributed by atoms with Gasteiger partial charge in [-0.1, -0.05) is 32.0 Å². The first-order valence-electron chi connectivity index (χ1n) is 10.0. The van der Waals surface area contributed by atoms with Crippen LogP contribution in [0, 0.1) is 11.7 Å². The number of ether oxygens (including phenoxy) is 2. The average molecular weight is 402 g/mol. The smallest absolute Gasteiger partial charge is 0.222 e. The average Bonchev–Trinajstić information content (AvgIpc) is 2.72. The minimum Gasteiger partial charge on any atom is -0.493 e. The zero-order chi connectivity index (χ0) is 21.0. The second-order valence-corrected chi connectivity index (χ2v) is 7.78. The van der Waals surface area contributed by atoms with Crippen LogP contribution in [0.3, 0.4) is 0 Å². The molecule has 1 amide bonds. The largest absolute Gasteiger partial charge is 0.493 e. The van der Waals surface area contributed by atoms with Crippen molar-refractivity contribution in [1.82, 2.24) is 5.32 Å². The number of fused-ring (bicyclic) bond motifs is 1. The van der Waals surface area contributed by atoms with E-state index in [4.69, 9.17) is 9.47 Å². The molecule has 3 rings (SSSR count). The van der Waals surface area contributed by atoms with Gasteiger partial charge in [0.1, 0.15) is 18.4 Å². The van der Waals surface area contributed by atoms with Gasteiger partial charge in [0.25, 0.3) is 0 Å². The summed E-state index contributed by atoms with van der Waals surface area (Å²) in [5.41, 5.74) is 2.99. The van der Waals surface area contributed by atoms with Crippen LogP contribution in [0.2, 0.25) is 0 Å². The predicted octanol–water partition coefficient (Wildman–Crippen LogP) is 2.30. The fourth-order valence-corrected chi connectivity index (χ4v) is 3.93. The summed E-state index contributed by atoms with van der Waals surface area (Å²) >= 11 is 0. The van der Waals surface area contributed by atoms with Crippen molar-refractivity contribution < 1.29 is 23.6 Å². The Hall–Kier alpha value is -2.60. The van der Waals surface area contributed by atoms with Crippen LogP contribution < -0.4 is 19.7 Å². The number of hydrogen-bond donors (Lipinski definition) is 2. The van der Waals surface area contributed by atoms with E-state index in [1.54, 1.807) is 20.3 Å². The standard InChI is InChI=1S/C23H29FN2O3/c1-15(2)23(27)25-13-20-18-12-22(29-4)21(28-3)11-16(18)9-10-26(20)14-17-7-5-6-8-19(17)24/h5-8,11-12,15,20H,9-10,13-14H2,1-4H3,(H,25,27)/p+1/t20-/m0/s1. The molecule has 0 fully saturated rings. The lowest BCUT2D eigenvalue weighted by atomic mass is 9.91. The van der Waals surface area contributed by atoms with Gasteiger partial charge < -0.3 is 19.7 Å². The van der Waals surface area contributed by atoms with Crippen molar-refractivity contribution in [2.45, 2.75) is 32.9 Å². The van der Waals surface area contributed by atoms with Crippen molar-refractivity contribution in [1.29, 1.82) is 0 Å². The van der Waals surface area contributed by atoms with Gasteiger partial charge in [0.2, 0.25) is 5.91 Å². The molecule has 2 aromatic carbocycles. The third-order valence-corrected chi connectivity index (χ3v) is 5.61. The quantitative estimate of drug-likeness (QED) is 0.749. The Labute approximate surface area is 171 Å². The number of carbonyl (C=O) groups excluding carboxylic acids is 1. The molecule has 6 heteroatoms. The van der Waals surface area contributed by atoms with Gasteiger partial charge in [-0.2, -0.15) is 0 Å². The SMILES string of the molecule is COc1cc2c(cc1OC)[C@H](CNC(=O)C(C)C)[NH+](Cc1ccccc1F)CC2. The summed E-state index contributed by atoms with van der Waals surface area (Å²) in [6.07, 6.45) is 0.855. The highest BCUT2D eigenvalue weighted by Gasteiger charge is 2.33. The number of quaternary nitrogens is 1. The number of halogens is 1. The molecule has 0 spiro atoms. The lowest BCUT2D eigenvalue weighted by Gasteiger charge is -2.35. The molecule has 0 saturated carbocycles. The van der Waals surface area contributed by atoms with Crippen molar-refractivity contribution >= 4 is 5.91 Å². The van der Waals surface area contributed by atoms with Crippen molar-refractivity contribution in [3.05, 3.63) is 58.9 Å². The van der Waals surface area contributed by atoms with Gasteiger partial charge in [-0.15, -0.1) is 0 Å². The number of benzene rings is 2. The van der Waals surface area contributed by atoms with Crippen molar-refractivity contribution in [3.63, 3.8) is 0 Å². The van der Waals surface area contributed by atoms with Gasteiger partial charge in [-0.25, -0.2) is 4.39 Å². The summed E-state index contributed by atoms with van der Waals surface area (Å²) in [7, 11) is 3.25. The second kappa shape index (κ2) is 9.27. The molecule has 0 saturated heterocycles. The summed E-state index contributed by atoms with van der Waals surface area (Å²) in [5, 5.41) is 3.06. The third-order valence-electron chi connectivity index (χ3n) is 5.61. The Kier molecular flexibility index (Phi) is 6.75. The molecule has 0 radical (unpaired) electrons. The Morgan fingerprint density at radius 2 is 1.90 bits per heavy atom. The summed E-state index contributed by atoms with van der Waals surface area (Å²) in [4.78, 5) is 13.4. The second-order valence-electron chi connectivity index (χ2n) is 7.78. The van der Waals surface area contributed by atoms with Gasteiger partial charge in [0.05, 0.1) is 27.3 Å². The van der Waals surface area contributed by atoms with E-state index in [2.05, 4.69) is 5.32 Å². The molecule has 1 unspecified atom stereocenters. The van der Waals surface area contributed by atoms with Gasteiger partial charge >= 0.3 is 0 Å². The molecule has 1 aliphatic rings. The maximum atomic E-state index is 14.3. The fraction of sp³-hybridized carbons (Fsp3) is 0.435. The van der Waals surface area contributed by atoms with E-state index in [1.165, 1.54) is 16.5 Å². The summed E-state index contributed by atoms with van der Waals surface area (Å²) in [5.74, 6) is 1.11. The molecule has 156 valence electrons. The van der Waals surface area contributed by atoms with Crippen LogP contribution >= 0.6 is 0 Å². The van der Waals surface area contributed by atoms with Crippen LogP contribution in [0.1, 0.15) is 36.6 Å². The van der Waals surface area contributed by atoms with Crippen LogP contribution in [0.15, 0.2) is 36.4 Å². The number of rotatable bonds is 7. The predicted molar refractivity (Wildman–Crippen MR) is 110 cm³/mol. The van der Waals surface area contributed by atoms with Gasteiger partial charge in [0.15, 0.2) is 11.5 Å². The number of methoxy groups -OCH3 is 2. The maximum absolute atomic E-state index is 14.3. The number of amides is 1. The molecule has 0 bridgehead atoms. The van der Waals surface area contributed by atoms with Crippen molar-refractivity contribution in [3.8, 4) is 11.5 Å². The van der Waals surface area contributed by atoms with E-state index in [9.17, 15) is 9.18 Å². The summed E-state index contributed by atoms with van der Waals surface area (Å²) in [6.45, 7) is 5.65. The van der Waals surface area contributed by atoms with Crippen LogP contribution in [0.25, 0.3) is 0 Å².